The quantitative estimate of drug-likeness (QED) is 0.895. The molecule has 1 heterocycles. The molecule has 0 aliphatic heterocycles. The molecule has 0 amide bonds. The van der Waals surface area contributed by atoms with Crippen LogP contribution in [-0.4, -0.2) is 14.9 Å². The smallest absolute Gasteiger partial charge is 0.160 e. The van der Waals surface area contributed by atoms with Gasteiger partial charge in [-0.05, 0) is 31.4 Å². The highest BCUT2D eigenvalue weighted by Crippen LogP contribution is 2.27. The molecule has 0 fully saturated rings. The van der Waals surface area contributed by atoms with Crippen LogP contribution < -0.4 is 0 Å². The van der Waals surface area contributed by atoms with E-state index in [0.29, 0.717) is 5.75 Å². The zero-order valence-electron chi connectivity index (χ0n) is 11.3. The summed E-state index contributed by atoms with van der Waals surface area (Å²) in [5, 5.41) is 14.8. The first-order valence-corrected chi connectivity index (χ1v) is 6.54. The Morgan fingerprint density at radius 1 is 1.22 bits per heavy atom. The fraction of sp³-hybridized carbons (Fsp3) is 0.400. The summed E-state index contributed by atoms with van der Waals surface area (Å²) in [7, 11) is 0. The summed E-state index contributed by atoms with van der Waals surface area (Å²) < 4.78 is 1.88. The predicted molar refractivity (Wildman–Crippen MR) is 73.3 cm³/mol. The molecule has 1 aromatic carbocycles. The highest BCUT2D eigenvalue weighted by atomic mass is 16.3. The van der Waals surface area contributed by atoms with Gasteiger partial charge in [-0.2, -0.15) is 5.10 Å². The second-order valence-corrected chi connectivity index (χ2v) is 4.54. The van der Waals surface area contributed by atoms with E-state index < -0.39 is 0 Å². The first kappa shape index (κ1) is 12.7. The molecule has 2 rings (SSSR count). The molecule has 0 saturated heterocycles. The second-order valence-electron chi connectivity index (χ2n) is 4.54. The summed E-state index contributed by atoms with van der Waals surface area (Å²) in [6.45, 7) is 6.20. The van der Waals surface area contributed by atoms with Crippen LogP contribution in [0.1, 0.15) is 37.2 Å². The average molecular weight is 244 g/mol. The number of aryl methyl sites for hydroxylation is 2. The summed E-state index contributed by atoms with van der Waals surface area (Å²) in [4.78, 5) is 0. The van der Waals surface area contributed by atoms with E-state index in [-0.39, 0.29) is 0 Å². The Labute approximate surface area is 108 Å². The van der Waals surface area contributed by atoms with Crippen molar-refractivity contribution in [2.45, 2.75) is 40.0 Å². The van der Waals surface area contributed by atoms with E-state index in [0.717, 1.165) is 41.9 Å². The average Bonchev–Trinajstić information content (AvgIpc) is 2.67. The molecule has 1 N–H and O–H groups in total. The minimum Gasteiger partial charge on any atom is -0.504 e. The molecule has 0 aliphatic carbocycles. The Kier molecular flexibility index (Phi) is 3.70. The van der Waals surface area contributed by atoms with Crippen molar-refractivity contribution in [2.24, 2.45) is 0 Å². The number of nitrogens with zero attached hydrogens (tertiary/aromatic N) is 2. The van der Waals surface area contributed by atoms with E-state index in [1.807, 2.05) is 29.8 Å². The van der Waals surface area contributed by atoms with Crippen molar-refractivity contribution < 1.29 is 5.11 Å². The Morgan fingerprint density at radius 2 is 1.94 bits per heavy atom. The number of para-hydroxylation sites is 1. The molecular weight excluding hydrogens is 224 g/mol. The number of aromatic hydroxyl groups is 1. The van der Waals surface area contributed by atoms with Crippen molar-refractivity contribution in [3.8, 4) is 11.4 Å². The minimum absolute atomic E-state index is 0.364. The molecular formula is C15H20N2O. The van der Waals surface area contributed by atoms with E-state index in [1.165, 1.54) is 0 Å². The van der Waals surface area contributed by atoms with Gasteiger partial charge in [0, 0.05) is 0 Å². The van der Waals surface area contributed by atoms with Gasteiger partial charge in [0.1, 0.15) is 5.69 Å². The van der Waals surface area contributed by atoms with Gasteiger partial charge in [0.25, 0.3) is 0 Å². The monoisotopic (exact) mass is 244 g/mol. The van der Waals surface area contributed by atoms with Gasteiger partial charge in [-0.1, -0.05) is 38.5 Å². The van der Waals surface area contributed by atoms with Gasteiger partial charge >= 0.3 is 0 Å². The Hall–Kier alpha value is -1.77. The summed E-state index contributed by atoms with van der Waals surface area (Å²) in [6.07, 6.45) is 2.58. The van der Waals surface area contributed by atoms with Gasteiger partial charge in [0.05, 0.1) is 11.4 Å². The van der Waals surface area contributed by atoms with E-state index in [2.05, 4.69) is 25.0 Å². The highest BCUT2D eigenvalue weighted by Gasteiger charge is 2.16. The summed E-state index contributed by atoms with van der Waals surface area (Å²) in [5.74, 6) is 0.364. The molecule has 0 radical (unpaired) electrons. The van der Waals surface area contributed by atoms with Crippen LogP contribution in [0.3, 0.4) is 0 Å². The summed E-state index contributed by atoms with van der Waals surface area (Å²) >= 11 is 0. The molecule has 0 aliphatic rings. The predicted octanol–water partition coefficient (Wildman–Crippen LogP) is 3.40. The summed E-state index contributed by atoms with van der Waals surface area (Å²) in [6, 6.07) is 8.12. The Balaban J connectivity index is 2.57. The van der Waals surface area contributed by atoms with Crippen LogP contribution in [-0.2, 0) is 12.8 Å². The molecule has 0 spiro atoms. The molecule has 0 atom stereocenters. The maximum Gasteiger partial charge on any atom is 0.160 e. The molecule has 0 saturated carbocycles. The zero-order valence-corrected chi connectivity index (χ0v) is 11.3. The summed E-state index contributed by atoms with van der Waals surface area (Å²) in [5.41, 5.74) is 3.91. The van der Waals surface area contributed by atoms with Crippen LogP contribution >= 0.6 is 0 Å². The molecule has 2 aromatic rings. The van der Waals surface area contributed by atoms with Gasteiger partial charge in [-0.15, -0.1) is 0 Å². The highest BCUT2D eigenvalue weighted by molar-refractivity contribution is 5.45. The standard InChI is InChI=1S/C15H20N2O/c1-4-8-12-15(18)13(5-2)17(16-12)14-10-7-6-9-11(14)3/h6-7,9-10,18H,4-5,8H2,1-3H3. The van der Waals surface area contributed by atoms with E-state index in [1.54, 1.807) is 0 Å². The number of hydrogen-bond donors (Lipinski definition) is 1. The van der Waals surface area contributed by atoms with Crippen LogP contribution in [0.2, 0.25) is 0 Å². The van der Waals surface area contributed by atoms with Gasteiger partial charge in [-0.3, -0.25) is 0 Å². The minimum atomic E-state index is 0.364. The molecule has 1 aromatic heterocycles. The zero-order chi connectivity index (χ0) is 13.1. The first-order chi connectivity index (χ1) is 8.69. The van der Waals surface area contributed by atoms with Crippen molar-refractivity contribution in [1.29, 1.82) is 0 Å². The van der Waals surface area contributed by atoms with E-state index in [9.17, 15) is 5.11 Å². The maximum absolute atomic E-state index is 10.2. The van der Waals surface area contributed by atoms with Gasteiger partial charge in [-0.25, -0.2) is 4.68 Å². The SMILES string of the molecule is CCCc1nn(-c2ccccc2C)c(CC)c1O. The van der Waals surface area contributed by atoms with Crippen molar-refractivity contribution in [2.75, 3.05) is 0 Å². The van der Waals surface area contributed by atoms with Crippen LogP contribution in [0, 0.1) is 6.92 Å². The van der Waals surface area contributed by atoms with Gasteiger partial charge in [0.15, 0.2) is 5.75 Å². The van der Waals surface area contributed by atoms with Crippen LogP contribution in [0.4, 0.5) is 0 Å². The maximum atomic E-state index is 10.2. The Bertz CT molecular complexity index is 543. The van der Waals surface area contributed by atoms with Gasteiger partial charge in [0.2, 0.25) is 0 Å². The second kappa shape index (κ2) is 5.25. The third kappa shape index (κ3) is 2.13. The van der Waals surface area contributed by atoms with Crippen LogP contribution in [0.15, 0.2) is 24.3 Å². The number of aromatic nitrogens is 2. The molecule has 0 unspecified atom stereocenters. The molecule has 96 valence electrons. The molecule has 0 bridgehead atoms. The topological polar surface area (TPSA) is 38.0 Å². The molecule has 3 nitrogen and oxygen atoms in total. The third-order valence-electron chi connectivity index (χ3n) is 3.19. The van der Waals surface area contributed by atoms with Gasteiger partial charge < -0.3 is 5.11 Å². The van der Waals surface area contributed by atoms with E-state index in [4.69, 9.17) is 0 Å². The fourth-order valence-electron chi connectivity index (χ4n) is 2.22. The molecule has 18 heavy (non-hydrogen) atoms. The van der Waals surface area contributed by atoms with Crippen molar-refractivity contribution >= 4 is 0 Å². The van der Waals surface area contributed by atoms with Crippen LogP contribution in [0.25, 0.3) is 5.69 Å². The van der Waals surface area contributed by atoms with E-state index >= 15 is 0 Å². The molecule has 3 heteroatoms. The van der Waals surface area contributed by atoms with Crippen molar-refractivity contribution in [3.63, 3.8) is 0 Å². The van der Waals surface area contributed by atoms with Crippen LogP contribution in [0.5, 0.6) is 5.75 Å². The lowest BCUT2D eigenvalue weighted by Gasteiger charge is -2.08. The number of benzene rings is 1. The third-order valence-corrected chi connectivity index (χ3v) is 3.19. The number of rotatable bonds is 4. The Morgan fingerprint density at radius 3 is 2.56 bits per heavy atom. The normalized spacial score (nSPS) is 10.8. The lowest BCUT2D eigenvalue weighted by atomic mass is 10.2. The lowest BCUT2D eigenvalue weighted by Crippen LogP contribution is -2.03. The van der Waals surface area contributed by atoms with Crippen molar-refractivity contribution in [1.82, 2.24) is 9.78 Å². The lowest BCUT2D eigenvalue weighted by molar-refractivity contribution is 0.461. The first-order valence-electron chi connectivity index (χ1n) is 6.54. The van der Waals surface area contributed by atoms with Crippen molar-refractivity contribution in [3.05, 3.63) is 41.2 Å². The fourth-order valence-corrected chi connectivity index (χ4v) is 2.22. The largest absolute Gasteiger partial charge is 0.504 e. The number of hydrogen-bond acceptors (Lipinski definition) is 2.